The van der Waals surface area contributed by atoms with Gasteiger partial charge in [0, 0.05) is 12.1 Å². The van der Waals surface area contributed by atoms with Crippen molar-refractivity contribution in [3.8, 4) is 11.4 Å². The van der Waals surface area contributed by atoms with Crippen LogP contribution in [0.4, 0.5) is 0 Å². The molecule has 2 atom stereocenters. The normalized spacial score (nSPS) is 18.7. The zero-order chi connectivity index (χ0) is 18.7. The van der Waals surface area contributed by atoms with Crippen molar-refractivity contribution in [1.29, 1.82) is 0 Å². The SMILES string of the molecule is CC(C)[C@H](C(=O)N1CCO[C@@H](C(=O)O)C1)n1nnc(-c2ccccc2)n1. The number of hydrogen-bond donors (Lipinski definition) is 1. The van der Waals surface area contributed by atoms with Gasteiger partial charge >= 0.3 is 5.97 Å². The van der Waals surface area contributed by atoms with Crippen LogP contribution in [0.5, 0.6) is 0 Å². The first-order chi connectivity index (χ1) is 12.5. The van der Waals surface area contributed by atoms with Crippen LogP contribution in [0.15, 0.2) is 30.3 Å². The number of carboxylic acid groups (broad SMARTS) is 1. The molecular formula is C17H21N5O4. The van der Waals surface area contributed by atoms with Crippen molar-refractivity contribution in [2.75, 3.05) is 19.7 Å². The Morgan fingerprint density at radius 2 is 2.00 bits per heavy atom. The van der Waals surface area contributed by atoms with E-state index in [2.05, 4.69) is 15.4 Å². The molecule has 1 fully saturated rings. The number of aromatic nitrogens is 4. The molecule has 0 aliphatic carbocycles. The lowest BCUT2D eigenvalue weighted by atomic mass is 10.0. The molecule has 1 aliphatic rings. The number of benzene rings is 1. The fourth-order valence-corrected chi connectivity index (χ4v) is 2.88. The first-order valence-corrected chi connectivity index (χ1v) is 8.45. The highest BCUT2D eigenvalue weighted by Gasteiger charge is 2.35. The lowest BCUT2D eigenvalue weighted by molar-refractivity contribution is -0.161. The molecule has 0 saturated carbocycles. The molecule has 138 valence electrons. The van der Waals surface area contributed by atoms with Crippen LogP contribution in [0.1, 0.15) is 19.9 Å². The number of amides is 1. The monoisotopic (exact) mass is 359 g/mol. The number of hydrogen-bond acceptors (Lipinski definition) is 6. The first-order valence-electron chi connectivity index (χ1n) is 8.45. The molecule has 1 aromatic carbocycles. The third-order valence-corrected chi connectivity index (χ3v) is 4.25. The van der Waals surface area contributed by atoms with Crippen molar-refractivity contribution in [1.82, 2.24) is 25.1 Å². The van der Waals surface area contributed by atoms with Crippen molar-refractivity contribution in [3.63, 3.8) is 0 Å². The van der Waals surface area contributed by atoms with E-state index in [4.69, 9.17) is 9.84 Å². The topological polar surface area (TPSA) is 110 Å². The van der Waals surface area contributed by atoms with Crippen molar-refractivity contribution >= 4 is 11.9 Å². The number of ether oxygens (including phenoxy) is 1. The number of carbonyl (C=O) groups excluding carboxylic acids is 1. The van der Waals surface area contributed by atoms with Gasteiger partial charge in [0.1, 0.15) is 0 Å². The van der Waals surface area contributed by atoms with Gasteiger partial charge in [-0.25, -0.2) is 4.79 Å². The van der Waals surface area contributed by atoms with Crippen LogP contribution in [0, 0.1) is 5.92 Å². The zero-order valence-corrected chi connectivity index (χ0v) is 14.6. The van der Waals surface area contributed by atoms with E-state index in [1.165, 1.54) is 9.70 Å². The molecule has 9 heteroatoms. The number of carboxylic acids is 1. The lowest BCUT2D eigenvalue weighted by Gasteiger charge is -2.33. The van der Waals surface area contributed by atoms with Gasteiger partial charge in [0.05, 0.1) is 13.2 Å². The van der Waals surface area contributed by atoms with E-state index >= 15 is 0 Å². The van der Waals surface area contributed by atoms with Gasteiger partial charge < -0.3 is 14.7 Å². The van der Waals surface area contributed by atoms with Crippen LogP contribution in [-0.2, 0) is 14.3 Å². The maximum absolute atomic E-state index is 13.0. The fourth-order valence-electron chi connectivity index (χ4n) is 2.88. The Hall–Kier alpha value is -2.81. The second-order valence-electron chi connectivity index (χ2n) is 6.47. The molecule has 1 aromatic heterocycles. The maximum Gasteiger partial charge on any atom is 0.334 e. The summed E-state index contributed by atoms with van der Waals surface area (Å²) in [4.78, 5) is 27.0. The summed E-state index contributed by atoms with van der Waals surface area (Å²) in [6.07, 6.45) is -1.01. The minimum Gasteiger partial charge on any atom is -0.479 e. The number of aliphatic carboxylic acids is 1. The molecule has 2 aromatic rings. The summed E-state index contributed by atoms with van der Waals surface area (Å²) in [7, 11) is 0. The largest absolute Gasteiger partial charge is 0.479 e. The Bertz CT molecular complexity index is 776. The second-order valence-corrected chi connectivity index (χ2v) is 6.47. The average Bonchev–Trinajstić information content (AvgIpc) is 3.12. The molecule has 0 spiro atoms. The molecule has 26 heavy (non-hydrogen) atoms. The van der Waals surface area contributed by atoms with Crippen molar-refractivity contribution in [2.45, 2.75) is 26.0 Å². The molecule has 1 N–H and O–H groups in total. The summed E-state index contributed by atoms with van der Waals surface area (Å²) in [5.74, 6) is -0.957. The van der Waals surface area contributed by atoms with Crippen molar-refractivity contribution in [3.05, 3.63) is 30.3 Å². The van der Waals surface area contributed by atoms with Gasteiger partial charge in [-0.15, -0.1) is 10.2 Å². The second kappa shape index (κ2) is 7.61. The Morgan fingerprint density at radius 1 is 1.27 bits per heavy atom. The van der Waals surface area contributed by atoms with Gasteiger partial charge in [0.15, 0.2) is 12.1 Å². The minimum atomic E-state index is -1.08. The predicted octanol–water partition coefficient (Wildman–Crippen LogP) is 0.849. The van der Waals surface area contributed by atoms with E-state index in [1.54, 1.807) is 0 Å². The summed E-state index contributed by atoms with van der Waals surface area (Å²) < 4.78 is 5.18. The fraction of sp³-hybridized carbons (Fsp3) is 0.471. The third kappa shape index (κ3) is 3.72. The third-order valence-electron chi connectivity index (χ3n) is 4.25. The summed E-state index contributed by atoms with van der Waals surface area (Å²) in [5.41, 5.74) is 0.811. The molecule has 3 rings (SSSR count). The summed E-state index contributed by atoms with van der Waals surface area (Å²) >= 11 is 0. The van der Waals surface area contributed by atoms with E-state index in [0.717, 1.165) is 5.56 Å². The molecule has 2 heterocycles. The lowest BCUT2D eigenvalue weighted by Crippen LogP contribution is -2.51. The van der Waals surface area contributed by atoms with Crippen LogP contribution >= 0.6 is 0 Å². The molecule has 1 amide bonds. The Kier molecular flexibility index (Phi) is 5.27. The molecular weight excluding hydrogens is 338 g/mol. The van der Waals surface area contributed by atoms with Crippen molar-refractivity contribution in [2.24, 2.45) is 5.92 Å². The molecule has 0 bridgehead atoms. The summed E-state index contributed by atoms with van der Waals surface area (Å²) in [5, 5.41) is 21.6. The number of rotatable bonds is 5. The highest BCUT2D eigenvalue weighted by molar-refractivity contribution is 5.82. The molecule has 9 nitrogen and oxygen atoms in total. The standard InChI is InChI=1S/C17H21N5O4/c1-11(2)14(16(23)21-8-9-26-13(10-21)17(24)25)22-19-15(18-20-22)12-6-4-3-5-7-12/h3-7,11,13-14H,8-10H2,1-2H3,(H,24,25)/t13-,14-/m1/s1. The maximum atomic E-state index is 13.0. The van der Waals surface area contributed by atoms with Gasteiger partial charge in [-0.05, 0) is 11.1 Å². The summed E-state index contributed by atoms with van der Waals surface area (Å²) in [6, 6.07) is 8.72. The van der Waals surface area contributed by atoms with Crippen LogP contribution in [0.3, 0.4) is 0 Å². The van der Waals surface area contributed by atoms with E-state index in [-0.39, 0.29) is 25.0 Å². The Labute approximate surface area is 150 Å². The van der Waals surface area contributed by atoms with E-state index in [1.807, 2.05) is 44.2 Å². The smallest absolute Gasteiger partial charge is 0.334 e. The summed E-state index contributed by atoms with van der Waals surface area (Å²) in [6.45, 7) is 4.32. The first kappa shape index (κ1) is 18.0. The minimum absolute atomic E-state index is 0.0115. The number of morpholine rings is 1. The highest BCUT2D eigenvalue weighted by Crippen LogP contribution is 2.22. The van der Waals surface area contributed by atoms with E-state index in [9.17, 15) is 9.59 Å². The van der Waals surface area contributed by atoms with Crippen LogP contribution in [-0.4, -0.2) is 67.9 Å². The average molecular weight is 359 g/mol. The van der Waals surface area contributed by atoms with Crippen molar-refractivity contribution < 1.29 is 19.4 Å². The Morgan fingerprint density at radius 3 is 2.65 bits per heavy atom. The zero-order valence-electron chi connectivity index (χ0n) is 14.6. The molecule has 1 aliphatic heterocycles. The quantitative estimate of drug-likeness (QED) is 0.842. The van der Waals surface area contributed by atoms with Gasteiger partial charge in [0.2, 0.25) is 11.7 Å². The number of nitrogens with zero attached hydrogens (tertiary/aromatic N) is 5. The molecule has 0 radical (unpaired) electrons. The van der Waals surface area contributed by atoms with Gasteiger partial charge in [-0.3, -0.25) is 4.79 Å². The van der Waals surface area contributed by atoms with Gasteiger partial charge in [-0.2, -0.15) is 4.80 Å². The highest BCUT2D eigenvalue weighted by atomic mass is 16.5. The van der Waals surface area contributed by atoms with Gasteiger partial charge in [-0.1, -0.05) is 44.2 Å². The van der Waals surface area contributed by atoms with Crippen LogP contribution < -0.4 is 0 Å². The Balaban J connectivity index is 1.82. The number of tetrazole rings is 1. The van der Waals surface area contributed by atoms with Gasteiger partial charge in [0.25, 0.3) is 0 Å². The predicted molar refractivity (Wildman–Crippen MR) is 91.1 cm³/mol. The molecule has 0 unspecified atom stereocenters. The van der Waals surface area contributed by atoms with Crippen LogP contribution in [0.25, 0.3) is 11.4 Å². The van der Waals surface area contributed by atoms with E-state index in [0.29, 0.717) is 12.4 Å². The molecule has 1 saturated heterocycles. The van der Waals surface area contributed by atoms with E-state index < -0.39 is 18.1 Å². The van der Waals surface area contributed by atoms with Crippen LogP contribution in [0.2, 0.25) is 0 Å². The number of carbonyl (C=O) groups is 2.